The zero-order valence-corrected chi connectivity index (χ0v) is 18.6. The second-order valence-electron chi connectivity index (χ2n) is 8.26. The molecule has 0 radical (unpaired) electrons. The van der Waals surface area contributed by atoms with E-state index in [4.69, 9.17) is 19.4 Å². The number of morpholine rings is 1. The molecule has 4 heterocycles. The Balaban J connectivity index is 1.76. The van der Waals surface area contributed by atoms with Gasteiger partial charge in [-0.1, -0.05) is 24.3 Å². The van der Waals surface area contributed by atoms with E-state index in [0.29, 0.717) is 19.8 Å². The molecule has 7 heteroatoms. The number of nitrogens with zero attached hydrogens (tertiary/aromatic N) is 4. The van der Waals surface area contributed by atoms with Crippen molar-refractivity contribution in [3.63, 3.8) is 0 Å². The van der Waals surface area contributed by atoms with E-state index in [1.807, 2.05) is 12.3 Å². The number of methoxy groups -OCH3 is 1. The molecule has 3 aromatic heterocycles. The molecule has 0 aliphatic carbocycles. The number of hydrogen-bond donors (Lipinski definition) is 1. The van der Waals surface area contributed by atoms with Gasteiger partial charge in [0.1, 0.15) is 17.0 Å². The van der Waals surface area contributed by atoms with Crippen molar-refractivity contribution in [2.45, 2.75) is 26.5 Å². The summed E-state index contributed by atoms with van der Waals surface area (Å²) in [6.07, 6.45) is 3.66. The molecule has 1 aromatic carbocycles. The second kappa shape index (κ2) is 8.68. The van der Waals surface area contributed by atoms with Crippen molar-refractivity contribution in [1.29, 1.82) is 0 Å². The van der Waals surface area contributed by atoms with E-state index in [9.17, 15) is 0 Å². The number of ether oxygens (including phenoxy) is 2. The normalized spacial score (nSPS) is 16.6. The quantitative estimate of drug-likeness (QED) is 0.508. The summed E-state index contributed by atoms with van der Waals surface area (Å²) >= 11 is 0. The summed E-state index contributed by atoms with van der Waals surface area (Å²) in [6, 6.07) is 12.9. The van der Waals surface area contributed by atoms with Crippen LogP contribution in [-0.2, 0) is 16.1 Å². The zero-order valence-electron chi connectivity index (χ0n) is 18.6. The Morgan fingerprint density at radius 3 is 2.78 bits per heavy atom. The Kier molecular flexibility index (Phi) is 5.59. The van der Waals surface area contributed by atoms with Crippen molar-refractivity contribution >= 4 is 16.7 Å². The predicted molar refractivity (Wildman–Crippen MR) is 126 cm³/mol. The highest BCUT2D eigenvalue weighted by Gasteiger charge is 2.23. The maximum absolute atomic E-state index is 5.67. The number of aromatic amines is 1. The van der Waals surface area contributed by atoms with Crippen molar-refractivity contribution in [1.82, 2.24) is 20.2 Å². The molecular formula is C25H27N5O2. The molecule has 5 rings (SSSR count). The summed E-state index contributed by atoms with van der Waals surface area (Å²) in [5.74, 6) is 0.942. The van der Waals surface area contributed by atoms with Gasteiger partial charge in [0.2, 0.25) is 0 Å². The lowest BCUT2D eigenvalue weighted by molar-refractivity contribution is 0.0986. The molecule has 32 heavy (non-hydrogen) atoms. The molecule has 164 valence electrons. The number of nitrogens with one attached hydrogen (secondary N) is 1. The van der Waals surface area contributed by atoms with Crippen LogP contribution in [0.15, 0.2) is 48.8 Å². The minimum atomic E-state index is 0.249. The number of benzene rings is 1. The molecule has 1 fully saturated rings. The van der Waals surface area contributed by atoms with E-state index in [-0.39, 0.29) is 6.04 Å². The molecule has 0 unspecified atom stereocenters. The van der Waals surface area contributed by atoms with Gasteiger partial charge in [-0.15, -0.1) is 0 Å². The summed E-state index contributed by atoms with van der Waals surface area (Å²) in [4.78, 5) is 12.2. The van der Waals surface area contributed by atoms with Gasteiger partial charge in [-0.25, -0.2) is 4.98 Å². The Hall–Kier alpha value is -3.29. The highest BCUT2D eigenvalue weighted by molar-refractivity contribution is 6.03. The standard InChI is InChI=1S/C25H27N5O2/c1-16-13-26-24(21-8-9-27-29-21)25-23(16)20(19-6-4-18(5-7-19)15-31-3)12-22(28-25)30-10-11-32-14-17(30)2/h4-9,12-13,17H,10-11,14-15H2,1-3H3,(H,27,29)/t17-/m1/s1. The Labute approximate surface area is 187 Å². The molecule has 1 saturated heterocycles. The molecule has 1 N–H and O–H groups in total. The van der Waals surface area contributed by atoms with Gasteiger partial charge in [0, 0.05) is 31.4 Å². The van der Waals surface area contributed by atoms with Gasteiger partial charge in [-0.2, -0.15) is 5.10 Å². The highest BCUT2D eigenvalue weighted by Crippen LogP contribution is 2.37. The smallest absolute Gasteiger partial charge is 0.130 e. The lowest BCUT2D eigenvalue weighted by Crippen LogP contribution is -2.44. The lowest BCUT2D eigenvalue weighted by atomic mass is 9.96. The maximum Gasteiger partial charge on any atom is 0.130 e. The first kappa shape index (κ1) is 20.6. The summed E-state index contributed by atoms with van der Waals surface area (Å²) in [7, 11) is 1.72. The summed E-state index contributed by atoms with van der Waals surface area (Å²) in [5.41, 5.74) is 7.07. The van der Waals surface area contributed by atoms with Crippen LogP contribution in [-0.4, -0.2) is 53.1 Å². The van der Waals surface area contributed by atoms with Crippen LogP contribution in [0, 0.1) is 6.92 Å². The van der Waals surface area contributed by atoms with Crippen molar-refractivity contribution < 1.29 is 9.47 Å². The molecule has 0 bridgehead atoms. The maximum atomic E-state index is 5.67. The van der Waals surface area contributed by atoms with Crippen LogP contribution in [0.1, 0.15) is 18.1 Å². The molecule has 0 saturated carbocycles. The van der Waals surface area contributed by atoms with E-state index in [2.05, 4.69) is 59.3 Å². The predicted octanol–water partition coefficient (Wildman–Crippen LogP) is 4.37. The fourth-order valence-corrected chi connectivity index (χ4v) is 4.36. The third kappa shape index (κ3) is 3.74. The van der Waals surface area contributed by atoms with Crippen molar-refractivity contribution in [3.8, 4) is 22.5 Å². The van der Waals surface area contributed by atoms with Crippen molar-refractivity contribution in [2.24, 2.45) is 0 Å². The SMILES string of the molecule is COCc1ccc(-c2cc(N3CCOC[C@H]3C)nc3c(-c4ccn[nH]4)ncc(C)c23)cc1. The van der Waals surface area contributed by atoms with Gasteiger partial charge < -0.3 is 14.4 Å². The summed E-state index contributed by atoms with van der Waals surface area (Å²) in [6.45, 7) is 7.07. The molecule has 1 aliphatic heterocycles. The summed E-state index contributed by atoms with van der Waals surface area (Å²) in [5, 5.41) is 8.29. The van der Waals surface area contributed by atoms with Gasteiger partial charge in [-0.05, 0) is 48.2 Å². The van der Waals surface area contributed by atoms with E-state index in [1.165, 1.54) is 0 Å². The van der Waals surface area contributed by atoms with Crippen molar-refractivity contribution in [2.75, 3.05) is 31.8 Å². The van der Waals surface area contributed by atoms with Gasteiger partial charge in [0.25, 0.3) is 0 Å². The van der Waals surface area contributed by atoms with Gasteiger partial charge in [-0.3, -0.25) is 10.1 Å². The van der Waals surface area contributed by atoms with Crippen molar-refractivity contribution in [3.05, 3.63) is 59.9 Å². The largest absolute Gasteiger partial charge is 0.380 e. The number of pyridine rings is 2. The van der Waals surface area contributed by atoms with Gasteiger partial charge in [0.15, 0.2) is 0 Å². The third-order valence-electron chi connectivity index (χ3n) is 6.01. The number of aromatic nitrogens is 4. The molecule has 0 spiro atoms. The number of anilines is 1. The average Bonchev–Trinajstić information content (AvgIpc) is 3.34. The topological polar surface area (TPSA) is 76.2 Å². The van der Waals surface area contributed by atoms with Gasteiger partial charge >= 0.3 is 0 Å². The van der Waals surface area contributed by atoms with Crippen LogP contribution in [0.5, 0.6) is 0 Å². The van der Waals surface area contributed by atoms with Crippen LogP contribution < -0.4 is 4.90 Å². The first-order chi connectivity index (χ1) is 15.7. The van der Waals surface area contributed by atoms with Crippen LogP contribution in [0.25, 0.3) is 33.4 Å². The highest BCUT2D eigenvalue weighted by atomic mass is 16.5. The van der Waals surface area contributed by atoms with E-state index in [0.717, 1.165) is 56.9 Å². The third-order valence-corrected chi connectivity index (χ3v) is 6.01. The minimum absolute atomic E-state index is 0.249. The minimum Gasteiger partial charge on any atom is -0.380 e. The Bertz CT molecular complexity index is 1220. The fourth-order valence-electron chi connectivity index (χ4n) is 4.36. The van der Waals surface area contributed by atoms with Crippen LogP contribution in [0.2, 0.25) is 0 Å². The number of rotatable bonds is 5. The molecule has 7 nitrogen and oxygen atoms in total. The molecule has 1 aliphatic rings. The number of fused-ring (bicyclic) bond motifs is 1. The Morgan fingerprint density at radius 2 is 2.06 bits per heavy atom. The number of H-pyrrole nitrogens is 1. The zero-order chi connectivity index (χ0) is 22.1. The number of aryl methyl sites for hydroxylation is 1. The molecule has 4 aromatic rings. The van der Waals surface area contributed by atoms with Crippen LogP contribution in [0.4, 0.5) is 5.82 Å². The second-order valence-corrected chi connectivity index (χ2v) is 8.26. The average molecular weight is 430 g/mol. The van der Waals surface area contributed by atoms with E-state index in [1.54, 1.807) is 13.3 Å². The lowest BCUT2D eigenvalue weighted by Gasteiger charge is -2.34. The van der Waals surface area contributed by atoms with E-state index >= 15 is 0 Å². The van der Waals surface area contributed by atoms with Crippen LogP contribution >= 0.6 is 0 Å². The Morgan fingerprint density at radius 1 is 1.22 bits per heavy atom. The van der Waals surface area contributed by atoms with Crippen LogP contribution in [0.3, 0.4) is 0 Å². The molecule has 0 amide bonds. The monoisotopic (exact) mass is 429 g/mol. The summed E-state index contributed by atoms with van der Waals surface area (Å²) < 4.78 is 11.0. The van der Waals surface area contributed by atoms with E-state index < -0.39 is 0 Å². The first-order valence-electron chi connectivity index (χ1n) is 10.9. The number of hydrogen-bond acceptors (Lipinski definition) is 6. The molecular weight excluding hydrogens is 402 g/mol. The fraction of sp³-hybridized carbons (Fsp3) is 0.320. The van der Waals surface area contributed by atoms with Gasteiger partial charge in [0.05, 0.1) is 31.6 Å². The first-order valence-corrected chi connectivity index (χ1v) is 10.9. The molecule has 1 atom stereocenters.